The molecule has 2 aromatic carbocycles. The van der Waals surface area contributed by atoms with E-state index in [9.17, 15) is 0 Å². The molecule has 3 aromatic rings. The predicted octanol–water partition coefficient (Wildman–Crippen LogP) is 4.67. The number of H-pyrrole nitrogens is 2. The van der Waals surface area contributed by atoms with Crippen molar-refractivity contribution in [3.05, 3.63) is 70.2 Å². The van der Waals surface area contributed by atoms with Gasteiger partial charge in [0.05, 0.1) is 0 Å². The van der Waals surface area contributed by atoms with E-state index in [1.54, 1.807) is 0 Å². The van der Waals surface area contributed by atoms with Crippen LogP contribution in [0.4, 0.5) is 17.3 Å². The van der Waals surface area contributed by atoms with Gasteiger partial charge in [-0.1, -0.05) is 36.4 Å². The van der Waals surface area contributed by atoms with Gasteiger partial charge in [0.1, 0.15) is 0 Å². The molecule has 4 nitrogen and oxygen atoms in total. The van der Waals surface area contributed by atoms with Gasteiger partial charge in [-0.25, -0.2) is 0 Å². The molecule has 6 heteroatoms. The molecule has 0 aliphatic heterocycles. The van der Waals surface area contributed by atoms with Crippen molar-refractivity contribution >= 4 is 41.8 Å². The molecule has 0 saturated carbocycles. The van der Waals surface area contributed by atoms with Gasteiger partial charge in [0, 0.05) is 11.4 Å². The smallest absolute Gasteiger partial charge is 0.216 e. The van der Waals surface area contributed by atoms with Crippen LogP contribution < -0.4 is 4.90 Å². The molecule has 0 saturated heterocycles. The van der Waals surface area contributed by atoms with E-state index in [2.05, 4.69) is 15.0 Å². The number of hydrogen-bond acceptors (Lipinski definition) is 4. The van der Waals surface area contributed by atoms with Crippen LogP contribution >= 0.6 is 24.4 Å². The van der Waals surface area contributed by atoms with E-state index in [-0.39, 0.29) is 0 Å². The molecule has 1 heterocycles. The second-order valence-electron chi connectivity index (χ2n) is 4.33. The van der Waals surface area contributed by atoms with Crippen molar-refractivity contribution in [3.63, 3.8) is 0 Å². The van der Waals surface area contributed by atoms with Crippen LogP contribution in [0.3, 0.4) is 0 Å². The van der Waals surface area contributed by atoms with Gasteiger partial charge < -0.3 is 9.97 Å². The van der Waals surface area contributed by atoms with Gasteiger partial charge in [-0.2, -0.15) is 4.98 Å². The molecule has 0 amide bonds. The number of benzene rings is 2. The van der Waals surface area contributed by atoms with Crippen LogP contribution in [-0.2, 0) is 0 Å². The lowest BCUT2D eigenvalue weighted by Crippen LogP contribution is -2.13. The average Bonchev–Trinajstić information content (AvgIpc) is 2.49. The monoisotopic (exact) mass is 312 g/mol. The summed E-state index contributed by atoms with van der Waals surface area (Å²) in [5.74, 6) is 0.584. The molecule has 3 rings (SSSR count). The first-order chi connectivity index (χ1) is 10.2. The number of hydrogen-bond donors (Lipinski definition) is 2. The number of rotatable bonds is 3. The lowest BCUT2D eigenvalue weighted by molar-refractivity contribution is 0.974. The molecule has 0 bridgehead atoms. The Morgan fingerprint density at radius 1 is 0.762 bits per heavy atom. The highest BCUT2D eigenvalue weighted by molar-refractivity contribution is 7.71. The molecule has 0 aliphatic carbocycles. The van der Waals surface area contributed by atoms with Gasteiger partial charge in [-0.05, 0) is 48.7 Å². The molecule has 21 heavy (non-hydrogen) atoms. The van der Waals surface area contributed by atoms with E-state index in [4.69, 9.17) is 24.4 Å². The number of anilines is 3. The number of aromatic nitrogens is 3. The topological polar surface area (TPSA) is 47.7 Å². The van der Waals surface area contributed by atoms with Crippen LogP contribution in [0.2, 0.25) is 0 Å². The number of nitrogens with zero attached hydrogens (tertiary/aromatic N) is 2. The maximum Gasteiger partial charge on any atom is 0.216 e. The summed E-state index contributed by atoms with van der Waals surface area (Å²) in [6.07, 6.45) is 0. The van der Waals surface area contributed by atoms with E-state index < -0.39 is 0 Å². The number of para-hydroxylation sites is 2. The fraction of sp³-hybridized carbons (Fsp3) is 0. The van der Waals surface area contributed by atoms with Gasteiger partial charge in [0.2, 0.25) is 10.7 Å². The average molecular weight is 312 g/mol. The third-order valence-corrected chi connectivity index (χ3v) is 3.29. The first-order valence-corrected chi connectivity index (χ1v) is 7.16. The fourth-order valence-electron chi connectivity index (χ4n) is 2.04. The SMILES string of the molecule is S=c1nc(N(c2ccccc2)c2ccccc2)[nH]c(=S)[nH]1. The maximum atomic E-state index is 5.16. The summed E-state index contributed by atoms with van der Waals surface area (Å²) in [6, 6.07) is 19.9. The molecular weight excluding hydrogens is 300 g/mol. The van der Waals surface area contributed by atoms with Gasteiger partial charge in [-0.15, -0.1) is 0 Å². The first-order valence-electron chi connectivity index (χ1n) is 6.35. The highest BCUT2D eigenvalue weighted by Crippen LogP contribution is 2.30. The second-order valence-corrected chi connectivity index (χ2v) is 5.12. The summed E-state index contributed by atoms with van der Waals surface area (Å²) in [4.78, 5) is 12.2. The Labute approximate surface area is 132 Å². The van der Waals surface area contributed by atoms with E-state index in [1.807, 2.05) is 65.6 Å². The quantitative estimate of drug-likeness (QED) is 0.690. The minimum atomic E-state index is 0.352. The van der Waals surface area contributed by atoms with E-state index in [1.165, 1.54) is 0 Å². The molecule has 0 radical (unpaired) electrons. The third-order valence-electron chi connectivity index (χ3n) is 2.89. The lowest BCUT2D eigenvalue weighted by atomic mass is 10.2. The van der Waals surface area contributed by atoms with Crippen LogP contribution in [0, 0.1) is 9.54 Å². The molecule has 0 fully saturated rings. The van der Waals surface area contributed by atoms with Crippen LogP contribution in [-0.4, -0.2) is 15.0 Å². The largest absolute Gasteiger partial charge is 0.308 e. The minimum Gasteiger partial charge on any atom is -0.308 e. The van der Waals surface area contributed by atoms with Crippen molar-refractivity contribution in [2.24, 2.45) is 0 Å². The summed E-state index contributed by atoms with van der Waals surface area (Å²) < 4.78 is 0.799. The van der Waals surface area contributed by atoms with E-state index >= 15 is 0 Å². The lowest BCUT2D eigenvalue weighted by Gasteiger charge is -2.23. The molecular formula is C15H12N4S2. The van der Waals surface area contributed by atoms with Gasteiger partial charge in [0.25, 0.3) is 0 Å². The van der Waals surface area contributed by atoms with Crippen molar-refractivity contribution in [3.8, 4) is 0 Å². The van der Waals surface area contributed by atoms with Crippen molar-refractivity contribution in [1.29, 1.82) is 0 Å². The molecule has 0 atom stereocenters. The van der Waals surface area contributed by atoms with Crippen molar-refractivity contribution < 1.29 is 0 Å². The maximum absolute atomic E-state index is 5.16. The zero-order chi connectivity index (χ0) is 14.7. The summed E-state index contributed by atoms with van der Waals surface area (Å²) in [7, 11) is 0. The van der Waals surface area contributed by atoms with Crippen LogP contribution in [0.25, 0.3) is 0 Å². The first kappa shape index (κ1) is 13.7. The standard InChI is InChI=1S/C15H12N4S2/c20-14-16-13(17-15(21)18-14)19(11-7-3-1-4-8-11)12-9-5-2-6-10-12/h1-10H,(H2,16,17,18,20,21). The van der Waals surface area contributed by atoms with Gasteiger partial charge in [0.15, 0.2) is 4.77 Å². The predicted molar refractivity (Wildman–Crippen MR) is 89.3 cm³/mol. The van der Waals surface area contributed by atoms with Crippen molar-refractivity contribution in [2.45, 2.75) is 0 Å². The summed E-state index contributed by atoms with van der Waals surface area (Å²) in [5.41, 5.74) is 1.95. The number of aromatic amines is 2. The Balaban J connectivity index is 2.22. The molecule has 0 unspecified atom stereocenters. The highest BCUT2D eigenvalue weighted by Gasteiger charge is 2.13. The third kappa shape index (κ3) is 3.07. The summed E-state index contributed by atoms with van der Waals surface area (Å²) in [6.45, 7) is 0. The molecule has 0 aliphatic rings. The minimum absolute atomic E-state index is 0.352. The summed E-state index contributed by atoms with van der Waals surface area (Å²) >= 11 is 10.3. The number of nitrogens with one attached hydrogen (secondary N) is 2. The fourth-order valence-corrected chi connectivity index (χ4v) is 2.48. The van der Waals surface area contributed by atoms with Crippen LogP contribution in [0.5, 0.6) is 0 Å². The molecule has 2 N–H and O–H groups in total. The summed E-state index contributed by atoms with van der Waals surface area (Å²) in [5, 5.41) is 0. The van der Waals surface area contributed by atoms with Crippen LogP contribution in [0.1, 0.15) is 0 Å². The molecule has 104 valence electrons. The van der Waals surface area contributed by atoms with Gasteiger partial charge >= 0.3 is 0 Å². The molecule has 0 spiro atoms. The normalized spacial score (nSPS) is 10.3. The highest BCUT2D eigenvalue weighted by atomic mass is 32.1. The Hall–Kier alpha value is -2.31. The zero-order valence-corrected chi connectivity index (χ0v) is 12.6. The van der Waals surface area contributed by atoms with Gasteiger partial charge in [-0.3, -0.25) is 4.90 Å². The Kier molecular flexibility index (Phi) is 3.89. The Morgan fingerprint density at radius 2 is 1.29 bits per heavy atom. The van der Waals surface area contributed by atoms with Crippen molar-refractivity contribution in [1.82, 2.24) is 15.0 Å². The van der Waals surface area contributed by atoms with Crippen molar-refractivity contribution in [2.75, 3.05) is 4.90 Å². The Morgan fingerprint density at radius 3 is 1.76 bits per heavy atom. The zero-order valence-electron chi connectivity index (χ0n) is 11.0. The van der Waals surface area contributed by atoms with E-state index in [0.29, 0.717) is 15.5 Å². The van der Waals surface area contributed by atoms with E-state index in [0.717, 1.165) is 11.4 Å². The molecule has 1 aromatic heterocycles. The van der Waals surface area contributed by atoms with Crippen LogP contribution in [0.15, 0.2) is 60.7 Å². The Bertz CT molecular complexity index is 773. The second kappa shape index (κ2) is 5.99.